The number of anilines is 1. The molecular formula is C23H30N4O3. The highest BCUT2D eigenvalue weighted by Crippen LogP contribution is 2.16. The molecule has 1 fully saturated rings. The van der Waals surface area contributed by atoms with Crippen molar-refractivity contribution in [3.8, 4) is 0 Å². The fourth-order valence-corrected chi connectivity index (χ4v) is 3.32. The number of carbonyl (C=O) groups is 1. The molecule has 0 radical (unpaired) electrons. The number of rotatable bonds is 8. The molecule has 30 heavy (non-hydrogen) atoms. The summed E-state index contributed by atoms with van der Waals surface area (Å²) in [5.41, 5.74) is 2.00. The Hall–Kier alpha value is -2.90. The lowest BCUT2D eigenvalue weighted by molar-refractivity contribution is -0.116. The molecule has 160 valence electrons. The molecule has 0 atom stereocenters. The first-order valence-corrected chi connectivity index (χ1v) is 10.3. The molecule has 1 aromatic carbocycles. The van der Waals surface area contributed by atoms with Gasteiger partial charge in [0.1, 0.15) is 5.70 Å². The largest absolute Gasteiger partial charge is 0.379 e. The second kappa shape index (κ2) is 10.8. The zero-order chi connectivity index (χ0) is 21.3. The maximum atomic E-state index is 12.9. The summed E-state index contributed by atoms with van der Waals surface area (Å²) in [6.07, 6.45) is 4.22. The van der Waals surface area contributed by atoms with Gasteiger partial charge in [-0.15, -0.1) is 0 Å². The highest BCUT2D eigenvalue weighted by molar-refractivity contribution is 6.18. The van der Waals surface area contributed by atoms with E-state index in [9.17, 15) is 9.59 Å². The Balaban J connectivity index is 1.71. The zero-order valence-corrected chi connectivity index (χ0v) is 17.7. The Bertz CT molecular complexity index is 913. The van der Waals surface area contributed by atoms with Crippen molar-refractivity contribution in [1.29, 1.82) is 0 Å². The van der Waals surface area contributed by atoms with Gasteiger partial charge in [-0.3, -0.25) is 19.1 Å². The van der Waals surface area contributed by atoms with Crippen molar-refractivity contribution in [1.82, 2.24) is 14.8 Å². The molecule has 7 nitrogen and oxygen atoms in total. The number of pyridine rings is 1. The molecule has 0 saturated carbocycles. The van der Waals surface area contributed by atoms with E-state index >= 15 is 0 Å². The Morgan fingerprint density at radius 3 is 2.53 bits per heavy atom. The third-order valence-electron chi connectivity index (χ3n) is 5.07. The van der Waals surface area contributed by atoms with Crippen LogP contribution in [0.2, 0.25) is 0 Å². The predicted octanol–water partition coefficient (Wildman–Crippen LogP) is 1.75. The summed E-state index contributed by atoms with van der Waals surface area (Å²) < 4.78 is 6.75. The van der Waals surface area contributed by atoms with Crippen molar-refractivity contribution >= 4 is 23.4 Å². The fraction of sp³-hybridized carbons (Fsp3) is 0.391. The van der Waals surface area contributed by atoms with E-state index in [0.717, 1.165) is 50.5 Å². The van der Waals surface area contributed by atoms with E-state index in [2.05, 4.69) is 10.2 Å². The normalized spacial score (nSPS) is 15.1. The third-order valence-corrected chi connectivity index (χ3v) is 5.07. The van der Waals surface area contributed by atoms with Crippen molar-refractivity contribution in [3.63, 3.8) is 0 Å². The van der Waals surface area contributed by atoms with Crippen LogP contribution < -0.4 is 15.8 Å². The van der Waals surface area contributed by atoms with Gasteiger partial charge < -0.3 is 15.0 Å². The Morgan fingerprint density at radius 2 is 1.87 bits per heavy atom. The van der Waals surface area contributed by atoms with Crippen LogP contribution in [-0.2, 0) is 9.53 Å². The molecule has 2 heterocycles. The van der Waals surface area contributed by atoms with E-state index in [1.807, 2.05) is 43.3 Å². The molecule has 7 heteroatoms. The molecule has 3 rings (SSSR count). The standard InChI is InChI=1S/C23H30N4O3/c1-25(2)20-9-7-19(8-10-20)18-21(27-13-4-3-6-22(27)28)23(29)24-11-5-12-26-14-16-30-17-15-26/h3-4,6-10,13,18H,5,11-12,14-17H2,1-2H3,(H,24,29)/b21-18+. The van der Waals surface area contributed by atoms with Crippen LogP contribution in [0, 0.1) is 0 Å². The summed E-state index contributed by atoms with van der Waals surface area (Å²) in [5.74, 6) is -0.262. The molecule has 1 aliphatic rings. The molecule has 2 aromatic rings. The quantitative estimate of drug-likeness (QED) is 0.531. The zero-order valence-electron chi connectivity index (χ0n) is 17.7. The van der Waals surface area contributed by atoms with E-state index in [0.29, 0.717) is 12.2 Å². The summed E-state index contributed by atoms with van der Waals surface area (Å²) >= 11 is 0. The summed E-state index contributed by atoms with van der Waals surface area (Å²) in [7, 11) is 3.95. The summed E-state index contributed by atoms with van der Waals surface area (Å²) in [6, 6.07) is 12.7. The number of hydrogen-bond donors (Lipinski definition) is 1. The molecule has 0 unspecified atom stereocenters. The third kappa shape index (κ3) is 6.05. The van der Waals surface area contributed by atoms with Gasteiger partial charge >= 0.3 is 0 Å². The Morgan fingerprint density at radius 1 is 1.13 bits per heavy atom. The maximum Gasteiger partial charge on any atom is 0.268 e. The Labute approximate surface area is 177 Å². The molecule has 1 aromatic heterocycles. The summed E-state index contributed by atoms with van der Waals surface area (Å²) in [5, 5.41) is 2.96. The van der Waals surface area contributed by atoms with Crippen molar-refractivity contribution in [2.75, 3.05) is 58.4 Å². The Kier molecular flexibility index (Phi) is 7.82. The average molecular weight is 411 g/mol. The van der Waals surface area contributed by atoms with Crippen LogP contribution >= 0.6 is 0 Å². The van der Waals surface area contributed by atoms with E-state index in [4.69, 9.17) is 4.74 Å². The molecule has 1 amide bonds. The monoisotopic (exact) mass is 410 g/mol. The van der Waals surface area contributed by atoms with Gasteiger partial charge in [-0.2, -0.15) is 0 Å². The second-order valence-electron chi connectivity index (χ2n) is 7.49. The van der Waals surface area contributed by atoms with Crippen molar-refractivity contribution in [3.05, 3.63) is 64.6 Å². The first-order valence-electron chi connectivity index (χ1n) is 10.3. The van der Waals surface area contributed by atoms with Gasteiger partial charge in [-0.1, -0.05) is 18.2 Å². The van der Waals surface area contributed by atoms with E-state index in [1.165, 1.54) is 10.6 Å². The van der Waals surface area contributed by atoms with Crippen LogP contribution in [0.1, 0.15) is 12.0 Å². The van der Waals surface area contributed by atoms with Crippen LogP contribution in [0.4, 0.5) is 5.69 Å². The van der Waals surface area contributed by atoms with Gasteiger partial charge in [0.2, 0.25) is 0 Å². The van der Waals surface area contributed by atoms with Gasteiger partial charge in [0, 0.05) is 51.7 Å². The summed E-state index contributed by atoms with van der Waals surface area (Å²) in [4.78, 5) is 29.6. The van der Waals surface area contributed by atoms with Crippen molar-refractivity contribution in [2.24, 2.45) is 0 Å². The van der Waals surface area contributed by atoms with E-state index in [-0.39, 0.29) is 11.5 Å². The van der Waals surface area contributed by atoms with Crippen LogP contribution in [0.15, 0.2) is 53.5 Å². The number of morpholine rings is 1. The van der Waals surface area contributed by atoms with Gasteiger partial charge in [0.25, 0.3) is 11.5 Å². The predicted molar refractivity (Wildman–Crippen MR) is 121 cm³/mol. The molecule has 0 bridgehead atoms. The van der Waals surface area contributed by atoms with E-state index in [1.54, 1.807) is 24.4 Å². The van der Waals surface area contributed by atoms with Gasteiger partial charge in [-0.05, 0) is 42.8 Å². The topological polar surface area (TPSA) is 66.8 Å². The number of amides is 1. The van der Waals surface area contributed by atoms with Gasteiger partial charge in [-0.25, -0.2) is 0 Å². The minimum Gasteiger partial charge on any atom is -0.379 e. The lowest BCUT2D eigenvalue weighted by Gasteiger charge is -2.26. The number of hydrogen-bond acceptors (Lipinski definition) is 5. The van der Waals surface area contributed by atoms with Crippen LogP contribution in [0.25, 0.3) is 11.8 Å². The van der Waals surface area contributed by atoms with Gasteiger partial charge in [0.15, 0.2) is 0 Å². The minimum atomic E-state index is -0.262. The van der Waals surface area contributed by atoms with Crippen molar-refractivity contribution in [2.45, 2.75) is 6.42 Å². The number of benzene rings is 1. The summed E-state index contributed by atoms with van der Waals surface area (Å²) in [6.45, 7) is 4.86. The maximum absolute atomic E-state index is 12.9. The average Bonchev–Trinajstić information content (AvgIpc) is 2.76. The first-order chi connectivity index (χ1) is 14.5. The molecule has 1 N–H and O–H groups in total. The van der Waals surface area contributed by atoms with Crippen LogP contribution in [0.3, 0.4) is 0 Å². The molecule has 1 aliphatic heterocycles. The molecule has 0 spiro atoms. The molecule has 1 saturated heterocycles. The van der Waals surface area contributed by atoms with Crippen LogP contribution in [0.5, 0.6) is 0 Å². The minimum absolute atomic E-state index is 0.239. The lowest BCUT2D eigenvalue weighted by Crippen LogP contribution is -2.38. The first kappa shape index (κ1) is 21.8. The highest BCUT2D eigenvalue weighted by atomic mass is 16.5. The van der Waals surface area contributed by atoms with Crippen molar-refractivity contribution < 1.29 is 9.53 Å². The van der Waals surface area contributed by atoms with Crippen LogP contribution in [-0.4, -0.2) is 68.9 Å². The number of nitrogens with zero attached hydrogens (tertiary/aromatic N) is 3. The molecular weight excluding hydrogens is 380 g/mol. The van der Waals surface area contributed by atoms with E-state index < -0.39 is 0 Å². The number of ether oxygens (including phenoxy) is 1. The fourth-order valence-electron chi connectivity index (χ4n) is 3.32. The second-order valence-corrected chi connectivity index (χ2v) is 7.49. The lowest BCUT2D eigenvalue weighted by atomic mass is 10.1. The molecule has 0 aliphatic carbocycles. The SMILES string of the molecule is CN(C)c1ccc(/C=C(\C(=O)NCCCN2CCOCC2)n2ccccc2=O)cc1. The number of aromatic nitrogens is 1. The van der Waals surface area contributed by atoms with Gasteiger partial charge in [0.05, 0.1) is 13.2 Å². The number of carbonyl (C=O) groups excluding carboxylic acids is 1. The highest BCUT2D eigenvalue weighted by Gasteiger charge is 2.14. The number of nitrogens with one attached hydrogen (secondary N) is 1. The smallest absolute Gasteiger partial charge is 0.268 e.